The summed E-state index contributed by atoms with van der Waals surface area (Å²) < 4.78 is 46.8. The molecule has 2 bridgehead atoms. The molecule has 12 heteroatoms. The molecule has 202 valence electrons. The van der Waals surface area contributed by atoms with Gasteiger partial charge in [0.25, 0.3) is 0 Å². The summed E-state index contributed by atoms with van der Waals surface area (Å²) in [5.41, 5.74) is 0.832. The molecule has 3 aliphatic rings. The second-order valence-electron chi connectivity index (χ2n) is 11.0. The smallest absolute Gasteiger partial charge is 0.434 e. The van der Waals surface area contributed by atoms with Crippen LogP contribution in [0, 0.1) is 11.3 Å². The fourth-order valence-corrected chi connectivity index (χ4v) is 6.61. The van der Waals surface area contributed by atoms with Crippen LogP contribution >= 0.6 is 0 Å². The van der Waals surface area contributed by atoms with E-state index in [1.54, 1.807) is 18.7 Å². The summed E-state index contributed by atoms with van der Waals surface area (Å²) in [4.78, 5) is 26.3. The molecule has 0 aliphatic heterocycles. The molecular formula is C26H31F3N8O. The zero-order valence-corrected chi connectivity index (χ0v) is 21.7. The summed E-state index contributed by atoms with van der Waals surface area (Å²) in [5, 5.41) is 3.52. The lowest BCUT2D eigenvalue weighted by molar-refractivity contribution is -0.141. The maximum absolute atomic E-state index is 13.2. The van der Waals surface area contributed by atoms with Crippen molar-refractivity contribution in [3.63, 3.8) is 0 Å². The first-order valence-corrected chi connectivity index (χ1v) is 13.1. The highest BCUT2D eigenvalue weighted by Gasteiger charge is 2.51. The van der Waals surface area contributed by atoms with E-state index in [2.05, 4.69) is 37.2 Å². The van der Waals surface area contributed by atoms with Crippen LogP contribution in [0.2, 0.25) is 0 Å². The van der Waals surface area contributed by atoms with E-state index in [1.165, 1.54) is 12.7 Å². The van der Waals surface area contributed by atoms with Crippen molar-refractivity contribution in [3.8, 4) is 17.3 Å². The first-order chi connectivity index (χ1) is 18.2. The van der Waals surface area contributed by atoms with Gasteiger partial charge in [-0.05, 0) is 63.2 Å². The number of nitrogens with zero attached hydrogens (tertiary/aromatic N) is 7. The number of anilines is 1. The van der Waals surface area contributed by atoms with Gasteiger partial charge in [0.1, 0.15) is 24.0 Å². The summed E-state index contributed by atoms with van der Waals surface area (Å²) in [5.74, 6) is 2.66. The average molecular weight is 529 g/mol. The first-order valence-electron chi connectivity index (χ1n) is 13.1. The van der Waals surface area contributed by atoms with Gasteiger partial charge < -0.3 is 14.6 Å². The highest BCUT2D eigenvalue weighted by Crippen LogP contribution is 2.58. The van der Waals surface area contributed by atoms with Crippen LogP contribution in [0.3, 0.4) is 0 Å². The number of fused-ring (bicyclic) bond motifs is 2. The minimum Gasteiger partial charge on any atom is -0.480 e. The first kappa shape index (κ1) is 25.0. The molecule has 9 nitrogen and oxygen atoms in total. The van der Waals surface area contributed by atoms with Crippen LogP contribution in [0.4, 0.5) is 19.1 Å². The Hall–Kier alpha value is -3.31. The van der Waals surface area contributed by atoms with Gasteiger partial charge in [-0.1, -0.05) is 0 Å². The largest absolute Gasteiger partial charge is 0.480 e. The van der Waals surface area contributed by atoms with Crippen LogP contribution in [0.15, 0.2) is 18.9 Å². The normalized spacial score (nSPS) is 25.8. The third kappa shape index (κ3) is 4.37. The van der Waals surface area contributed by atoms with E-state index in [-0.39, 0.29) is 17.4 Å². The molecule has 3 aromatic rings. The van der Waals surface area contributed by atoms with Crippen molar-refractivity contribution in [1.82, 2.24) is 34.5 Å². The molecule has 0 saturated heterocycles. The summed E-state index contributed by atoms with van der Waals surface area (Å²) in [6, 6.07) is 0.0765. The molecule has 3 aliphatic carbocycles. The van der Waals surface area contributed by atoms with Crippen LogP contribution in [0.1, 0.15) is 80.9 Å². The molecule has 3 saturated carbocycles. The van der Waals surface area contributed by atoms with Gasteiger partial charge in [-0.2, -0.15) is 18.2 Å². The number of nitrogens with one attached hydrogen (secondary N) is 1. The van der Waals surface area contributed by atoms with Crippen LogP contribution < -0.4 is 10.1 Å². The second kappa shape index (κ2) is 9.16. The van der Waals surface area contributed by atoms with Crippen LogP contribution in [-0.4, -0.2) is 47.6 Å². The lowest BCUT2D eigenvalue weighted by Gasteiger charge is -2.41. The number of rotatable bonds is 7. The summed E-state index contributed by atoms with van der Waals surface area (Å²) in [6.45, 7) is 2.15. The van der Waals surface area contributed by atoms with E-state index in [0.717, 1.165) is 56.8 Å². The predicted molar refractivity (Wildman–Crippen MR) is 132 cm³/mol. The van der Waals surface area contributed by atoms with E-state index < -0.39 is 11.9 Å². The molecule has 6 rings (SSSR count). The quantitative estimate of drug-likeness (QED) is 0.450. The topological polar surface area (TPSA) is 104 Å². The molecule has 38 heavy (non-hydrogen) atoms. The maximum atomic E-state index is 13.2. The van der Waals surface area contributed by atoms with E-state index in [4.69, 9.17) is 9.72 Å². The lowest BCUT2D eigenvalue weighted by atomic mass is 9.67. The Morgan fingerprint density at radius 1 is 1.05 bits per heavy atom. The molecule has 3 heterocycles. The van der Waals surface area contributed by atoms with E-state index in [0.29, 0.717) is 40.9 Å². The van der Waals surface area contributed by atoms with Crippen LogP contribution in [-0.2, 0) is 13.2 Å². The molecular weight excluding hydrogens is 497 g/mol. The molecule has 0 aromatic carbocycles. The van der Waals surface area contributed by atoms with Crippen molar-refractivity contribution >= 4 is 5.95 Å². The Labute approximate surface area is 218 Å². The minimum atomic E-state index is -4.43. The van der Waals surface area contributed by atoms with E-state index in [9.17, 15) is 13.2 Å². The number of halogens is 3. The van der Waals surface area contributed by atoms with Gasteiger partial charge in [0, 0.05) is 31.1 Å². The standard InChI is InChI=1S/C26H31F3N8O/c1-14(25-8-6-16(10-25)17(7-9-25)22-35-18(11-37(22)2)26(27,28)29)34-24-33-13-31-21(36-24)19-20(15-4-5-15)30-12-32-23(19)38-3/h11-17H,4-10H2,1-3H3,(H,31,33,34,36)/t14-,16?,17?,25?/m1/s1. The Morgan fingerprint density at radius 2 is 1.82 bits per heavy atom. The van der Waals surface area contributed by atoms with Gasteiger partial charge >= 0.3 is 6.18 Å². The molecule has 4 atom stereocenters. The van der Waals surface area contributed by atoms with Gasteiger partial charge in [0.2, 0.25) is 11.8 Å². The minimum absolute atomic E-state index is 0.0265. The Morgan fingerprint density at radius 3 is 2.53 bits per heavy atom. The average Bonchev–Trinajstić information content (AvgIpc) is 3.59. The lowest BCUT2D eigenvalue weighted by Crippen LogP contribution is -2.40. The van der Waals surface area contributed by atoms with Crippen molar-refractivity contribution in [2.75, 3.05) is 12.4 Å². The molecule has 0 radical (unpaired) electrons. The zero-order valence-electron chi connectivity index (χ0n) is 21.7. The SMILES string of the molecule is COc1ncnc(C2CC2)c1-c1ncnc(N[C@H](C)C23CCC(C2)C(c2nc(C(F)(F)F)cn2C)CC3)n1. The zero-order chi connectivity index (χ0) is 26.7. The number of hydrogen-bond acceptors (Lipinski definition) is 8. The Bertz CT molecular complexity index is 1340. The summed E-state index contributed by atoms with van der Waals surface area (Å²) in [7, 11) is 3.24. The van der Waals surface area contributed by atoms with Crippen molar-refractivity contribution in [2.24, 2.45) is 18.4 Å². The molecule has 3 fully saturated rings. The number of aryl methyl sites for hydroxylation is 1. The number of imidazole rings is 1. The highest BCUT2D eigenvalue weighted by atomic mass is 19.4. The van der Waals surface area contributed by atoms with Gasteiger partial charge in [-0.25, -0.2) is 24.9 Å². The molecule has 0 amide bonds. The molecule has 3 unspecified atom stereocenters. The second-order valence-corrected chi connectivity index (χ2v) is 11.0. The predicted octanol–water partition coefficient (Wildman–Crippen LogP) is 5.13. The number of hydrogen-bond donors (Lipinski definition) is 1. The summed E-state index contributed by atoms with van der Waals surface area (Å²) in [6.07, 6.45) is 6.44. The molecule has 3 aromatic heterocycles. The number of alkyl halides is 3. The Kier molecular flexibility index (Phi) is 6.03. The monoisotopic (exact) mass is 528 g/mol. The van der Waals surface area contributed by atoms with Crippen LogP contribution in [0.25, 0.3) is 11.4 Å². The third-order valence-electron chi connectivity index (χ3n) is 8.80. The van der Waals surface area contributed by atoms with Crippen LogP contribution in [0.5, 0.6) is 5.88 Å². The van der Waals surface area contributed by atoms with Crippen molar-refractivity contribution in [3.05, 3.63) is 36.1 Å². The van der Waals surface area contributed by atoms with Gasteiger partial charge in [-0.3, -0.25) is 0 Å². The van der Waals surface area contributed by atoms with Crippen molar-refractivity contribution in [2.45, 2.75) is 75.9 Å². The fraction of sp³-hybridized carbons (Fsp3) is 0.615. The van der Waals surface area contributed by atoms with E-state index >= 15 is 0 Å². The highest BCUT2D eigenvalue weighted by molar-refractivity contribution is 5.66. The maximum Gasteiger partial charge on any atom is 0.434 e. The van der Waals surface area contributed by atoms with Crippen molar-refractivity contribution < 1.29 is 17.9 Å². The van der Waals surface area contributed by atoms with Gasteiger partial charge in [0.05, 0.1) is 12.8 Å². The third-order valence-corrected chi connectivity index (χ3v) is 8.80. The fourth-order valence-electron chi connectivity index (χ4n) is 6.61. The number of ether oxygens (including phenoxy) is 1. The number of methoxy groups -OCH3 is 1. The summed E-state index contributed by atoms with van der Waals surface area (Å²) >= 11 is 0. The van der Waals surface area contributed by atoms with Gasteiger partial charge in [-0.15, -0.1) is 0 Å². The molecule has 0 spiro atoms. The van der Waals surface area contributed by atoms with Crippen molar-refractivity contribution in [1.29, 1.82) is 0 Å². The van der Waals surface area contributed by atoms with E-state index in [1.807, 2.05) is 0 Å². The Balaban J connectivity index is 1.20. The molecule has 1 N–H and O–H groups in total. The number of aromatic nitrogens is 7. The van der Waals surface area contributed by atoms with Gasteiger partial charge in [0.15, 0.2) is 11.5 Å².